The van der Waals surface area contributed by atoms with Gasteiger partial charge in [0, 0.05) is 12.6 Å². The molecule has 7 nitrogen and oxygen atoms in total. The average Bonchev–Trinajstić information content (AvgIpc) is 3.11. The fourth-order valence-corrected chi connectivity index (χ4v) is 2.66. The molecule has 1 aromatic rings. The lowest BCUT2D eigenvalue weighted by Crippen LogP contribution is -2.45. The predicted octanol–water partition coefficient (Wildman–Crippen LogP) is 0.263. The smallest absolute Gasteiger partial charge is 0.260 e. The van der Waals surface area contributed by atoms with Gasteiger partial charge in [0.25, 0.3) is 5.91 Å². The van der Waals surface area contributed by atoms with Gasteiger partial charge < -0.3 is 10.2 Å². The third kappa shape index (κ3) is 2.82. The lowest BCUT2D eigenvalue weighted by atomic mass is 10.1. The molecule has 0 bridgehead atoms. The Hall–Kier alpha value is -1.99. The largest absolute Gasteiger partial charge is 0.354 e. The van der Waals surface area contributed by atoms with Crippen LogP contribution in [0, 0.1) is 5.92 Å². The van der Waals surface area contributed by atoms with E-state index >= 15 is 0 Å². The molecule has 2 amide bonds. The van der Waals surface area contributed by atoms with E-state index in [1.165, 1.54) is 11.2 Å². The number of carbonyl (C=O) groups is 2. The Kier molecular flexibility index (Phi) is 3.62. The van der Waals surface area contributed by atoms with Gasteiger partial charge in [-0.25, -0.2) is 14.1 Å². The van der Waals surface area contributed by atoms with Crippen LogP contribution in [0.15, 0.2) is 6.33 Å². The van der Waals surface area contributed by atoms with Gasteiger partial charge in [-0.1, -0.05) is 0 Å². The summed E-state index contributed by atoms with van der Waals surface area (Å²) >= 11 is 0. The van der Waals surface area contributed by atoms with Gasteiger partial charge in [-0.15, -0.1) is 0 Å². The monoisotopic (exact) mass is 309 g/mol. The van der Waals surface area contributed by atoms with Crippen molar-refractivity contribution in [3.63, 3.8) is 0 Å². The molecule has 120 valence electrons. The molecule has 1 fully saturated rings. The molecule has 1 unspecified atom stereocenters. The first-order valence-electron chi connectivity index (χ1n) is 7.54. The predicted molar refractivity (Wildman–Crippen MR) is 75.3 cm³/mol. The highest BCUT2D eigenvalue weighted by molar-refractivity contribution is 5.88. The fourth-order valence-electron chi connectivity index (χ4n) is 2.66. The molecule has 1 atom stereocenters. The number of carbonyl (C=O) groups excluding carboxylic acids is 2. The number of halogens is 1. The van der Waals surface area contributed by atoms with Crippen LogP contribution >= 0.6 is 0 Å². The van der Waals surface area contributed by atoms with E-state index in [0.29, 0.717) is 12.4 Å². The third-order valence-corrected chi connectivity index (χ3v) is 4.02. The molecule has 1 saturated carbocycles. The van der Waals surface area contributed by atoms with Gasteiger partial charge in [0.15, 0.2) is 5.67 Å². The summed E-state index contributed by atoms with van der Waals surface area (Å²) in [5.41, 5.74) is -1.74. The first-order chi connectivity index (χ1) is 10.4. The Morgan fingerprint density at radius 1 is 1.41 bits per heavy atom. The highest BCUT2D eigenvalue weighted by Crippen LogP contribution is 2.42. The van der Waals surface area contributed by atoms with Crippen molar-refractivity contribution in [1.29, 1.82) is 0 Å². The molecular formula is C14H20FN5O2. The van der Waals surface area contributed by atoms with Gasteiger partial charge >= 0.3 is 0 Å². The maximum Gasteiger partial charge on any atom is 0.260 e. The summed E-state index contributed by atoms with van der Waals surface area (Å²) in [5, 5.41) is 6.94. The number of amides is 2. The number of hydrogen-bond acceptors (Lipinski definition) is 4. The standard InChI is InChI=1S/C14H20FN5O2/c1-9(2)18-12(21)10-5-19(13(22)14(15)3-4-14)7-11-16-8-17-20(11)6-10/h8-10H,3-7H2,1-2H3,(H,18,21). The number of nitrogens with zero attached hydrogens (tertiary/aromatic N) is 4. The van der Waals surface area contributed by atoms with Crippen LogP contribution in [0.4, 0.5) is 4.39 Å². The van der Waals surface area contributed by atoms with Gasteiger partial charge in [-0.3, -0.25) is 9.59 Å². The van der Waals surface area contributed by atoms with E-state index in [1.807, 2.05) is 13.8 Å². The summed E-state index contributed by atoms with van der Waals surface area (Å²) in [5.74, 6) is -0.569. The number of hydrogen-bond donors (Lipinski definition) is 1. The minimum Gasteiger partial charge on any atom is -0.354 e. The lowest BCUT2D eigenvalue weighted by molar-refractivity contribution is -0.140. The zero-order valence-electron chi connectivity index (χ0n) is 12.8. The molecule has 0 saturated heterocycles. The first kappa shape index (κ1) is 14.9. The van der Waals surface area contributed by atoms with Gasteiger partial charge in [-0.05, 0) is 26.7 Å². The second-order valence-electron chi connectivity index (χ2n) is 6.37. The maximum absolute atomic E-state index is 14.1. The quantitative estimate of drug-likeness (QED) is 0.869. The number of rotatable bonds is 3. The summed E-state index contributed by atoms with van der Waals surface area (Å²) in [4.78, 5) is 30.2. The zero-order chi connectivity index (χ0) is 15.9. The van der Waals surface area contributed by atoms with Crippen LogP contribution in [-0.4, -0.2) is 49.7 Å². The van der Waals surface area contributed by atoms with Crippen molar-refractivity contribution in [1.82, 2.24) is 25.0 Å². The van der Waals surface area contributed by atoms with Crippen LogP contribution < -0.4 is 5.32 Å². The number of alkyl halides is 1. The molecule has 0 spiro atoms. The zero-order valence-corrected chi connectivity index (χ0v) is 12.8. The minimum absolute atomic E-state index is 0.00562. The van der Waals surface area contributed by atoms with Crippen molar-refractivity contribution in [2.45, 2.75) is 51.5 Å². The summed E-state index contributed by atoms with van der Waals surface area (Å²) in [6.07, 6.45) is 1.92. The molecule has 22 heavy (non-hydrogen) atoms. The van der Waals surface area contributed by atoms with Crippen molar-refractivity contribution in [3.05, 3.63) is 12.2 Å². The molecule has 1 aliphatic carbocycles. The van der Waals surface area contributed by atoms with Gasteiger partial charge in [-0.2, -0.15) is 5.10 Å². The van der Waals surface area contributed by atoms with Gasteiger partial charge in [0.1, 0.15) is 12.2 Å². The van der Waals surface area contributed by atoms with Crippen LogP contribution in [-0.2, 0) is 22.7 Å². The van der Waals surface area contributed by atoms with E-state index < -0.39 is 17.5 Å². The SMILES string of the molecule is CC(C)NC(=O)C1CN(C(=O)C2(F)CC2)Cc2ncnn2C1. The van der Waals surface area contributed by atoms with E-state index in [-0.39, 0.29) is 37.9 Å². The van der Waals surface area contributed by atoms with Gasteiger partial charge in [0.2, 0.25) is 5.91 Å². The molecule has 0 aromatic carbocycles. The summed E-state index contributed by atoms with van der Waals surface area (Å²) in [7, 11) is 0. The van der Waals surface area contributed by atoms with Crippen molar-refractivity contribution in [2.24, 2.45) is 5.92 Å². The molecule has 0 radical (unpaired) electrons. The van der Waals surface area contributed by atoms with Crippen molar-refractivity contribution < 1.29 is 14.0 Å². The maximum atomic E-state index is 14.1. The average molecular weight is 309 g/mol. The highest BCUT2D eigenvalue weighted by atomic mass is 19.1. The Balaban J connectivity index is 1.83. The van der Waals surface area contributed by atoms with Crippen LogP contribution in [0.3, 0.4) is 0 Å². The fraction of sp³-hybridized carbons (Fsp3) is 0.714. The summed E-state index contributed by atoms with van der Waals surface area (Å²) in [6.45, 7) is 4.47. The topological polar surface area (TPSA) is 80.1 Å². The van der Waals surface area contributed by atoms with Crippen LogP contribution in [0.2, 0.25) is 0 Å². The van der Waals surface area contributed by atoms with Crippen molar-refractivity contribution in [3.8, 4) is 0 Å². The highest BCUT2D eigenvalue weighted by Gasteiger charge is 2.53. The second-order valence-corrected chi connectivity index (χ2v) is 6.37. The molecule has 2 aliphatic rings. The normalized spacial score (nSPS) is 22.9. The van der Waals surface area contributed by atoms with E-state index in [4.69, 9.17) is 0 Å². The number of fused-ring (bicyclic) bond motifs is 1. The molecule has 8 heteroatoms. The Morgan fingerprint density at radius 3 is 2.77 bits per heavy atom. The van der Waals surface area contributed by atoms with Crippen LogP contribution in [0.25, 0.3) is 0 Å². The van der Waals surface area contributed by atoms with E-state index in [2.05, 4.69) is 15.4 Å². The Morgan fingerprint density at radius 2 is 2.14 bits per heavy atom. The van der Waals surface area contributed by atoms with E-state index in [1.54, 1.807) is 4.68 Å². The molecule has 1 aliphatic heterocycles. The molecule has 1 N–H and O–H groups in total. The van der Waals surface area contributed by atoms with E-state index in [9.17, 15) is 14.0 Å². The van der Waals surface area contributed by atoms with Crippen molar-refractivity contribution >= 4 is 11.8 Å². The van der Waals surface area contributed by atoms with E-state index in [0.717, 1.165) is 0 Å². The minimum atomic E-state index is -1.74. The molecule has 2 heterocycles. The Bertz CT molecular complexity index is 596. The summed E-state index contributed by atoms with van der Waals surface area (Å²) in [6, 6.07) is 0.00562. The number of nitrogens with one attached hydrogen (secondary N) is 1. The van der Waals surface area contributed by atoms with Gasteiger partial charge in [0.05, 0.1) is 19.0 Å². The lowest BCUT2D eigenvalue weighted by Gasteiger charge is -2.25. The second kappa shape index (κ2) is 5.33. The van der Waals surface area contributed by atoms with Crippen molar-refractivity contribution in [2.75, 3.05) is 6.54 Å². The van der Waals surface area contributed by atoms with Crippen LogP contribution in [0.1, 0.15) is 32.5 Å². The third-order valence-electron chi connectivity index (χ3n) is 4.02. The first-order valence-corrected chi connectivity index (χ1v) is 7.54. The number of aromatic nitrogens is 3. The molecule has 1 aromatic heterocycles. The summed E-state index contributed by atoms with van der Waals surface area (Å²) < 4.78 is 15.7. The molecule has 3 rings (SSSR count). The Labute approximate surface area is 127 Å². The van der Waals surface area contributed by atoms with Crippen LogP contribution in [0.5, 0.6) is 0 Å². The molecular weight excluding hydrogens is 289 g/mol.